The average molecular weight is 530 g/mol. The molecule has 0 radical (unpaired) electrons. The van der Waals surface area contributed by atoms with Crippen molar-refractivity contribution in [3.63, 3.8) is 0 Å². The van der Waals surface area contributed by atoms with E-state index in [2.05, 4.69) is 5.32 Å². The number of aliphatic hydroxyl groups is 1. The van der Waals surface area contributed by atoms with Gasteiger partial charge in [0.15, 0.2) is 0 Å². The van der Waals surface area contributed by atoms with Gasteiger partial charge in [-0.05, 0) is 6.08 Å². The van der Waals surface area contributed by atoms with Crippen molar-refractivity contribution in [3.05, 3.63) is 12.2 Å². The Labute approximate surface area is 214 Å². The Kier molecular flexibility index (Phi) is 14.5. The van der Waals surface area contributed by atoms with Gasteiger partial charge in [-0.1, -0.05) is 0 Å². The van der Waals surface area contributed by atoms with E-state index in [0.717, 1.165) is 0 Å². The highest BCUT2D eigenvalue weighted by Gasteiger charge is 2.32. The molecule has 2 rings (SSSR count). The number of hydrogen-bond donors (Lipinski definition) is 2. The Morgan fingerprint density at radius 2 is 1.43 bits per heavy atom. The van der Waals surface area contributed by atoms with E-state index in [1.807, 2.05) is 0 Å². The second-order valence-corrected chi connectivity index (χ2v) is 8.01. The first-order valence-electron chi connectivity index (χ1n) is 12.2. The number of Topliss-reactive ketones (excluding diaryl/α,β-unsaturated/α-hetero) is 1. The zero-order valence-electron chi connectivity index (χ0n) is 20.8. The number of imide groups is 1. The van der Waals surface area contributed by atoms with Crippen molar-refractivity contribution >= 4 is 29.5 Å². The monoisotopic (exact) mass is 529 g/mol. The maximum absolute atomic E-state index is 11.8. The second-order valence-electron chi connectivity index (χ2n) is 8.01. The van der Waals surface area contributed by atoms with Crippen LogP contribution in [0.1, 0.15) is 25.7 Å². The number of rotatable bonds is 21. The lowest BCUT2D eigenvalue weighted by molar-refractivity contribution is -0.198. The molecule has 37 heavy (non-hydrogen) atoms. The predicted octanol–water partition coefficient (Wildman–Crippen LogP) is -1.68. The number of carbonyl (C=O) groups is 5. The summed E-state index contributed by atoms with van der Waals surface area (Å²) >= 11 is 0. The number of carbonyl (C=O) groups excluding carboxylic acids is 5. The number of hydrogen-bond acceptors (Lipinski definition) is 12. The molecule has 0 spiro atoms. The Bertz CT molecular complexity index is 789. The molecule has 1 atom stereocenters. The molecule has 208 valence electrons. The van der Waals surface area contributed by atoms with Gasteiger partial charge in [0, 0.05) is 38.4 Å². The lowest BCUT2D eigenvalue weighted by Gasteiger charge is -2.19. The molecule has 1 fully saturated rings. The number of ketones is 1. The number of aliphatic hydroxyl groups excluding tert-OH is 1. The van der Waals surface area contributed by atoms with Crippen LogP contribution >= 0.6 is 0 Å². The van der Waals surface area contributed by atoms with E-state index in [-0.39, 0.29) is 63.7 Å². The van der Waals surface area contributed by atoms with Crippen LogP contribution in [0.2, 0.25) is 0 Å². The van der Waals surface area contributed by atoms with Crippen LogP contribution in [0.15, 0.2) is 12.2 Å². The molecular formula is C23H35N3O11. The Balaban J connectivity index is 1.27. The van der Waals surface area contributed by atoms with Gasteiger partial charge in [0.05, 0.1) is 65.8 Å². The molecule has 1 unspecified atom stereocenters. The van der Waals surface area contributed by atoms with Crippen molar-refractivity contribution in [1.29, 1.82) is 0 Å². The topological polar surface area (TPSA) is 170 Å². The van der Waals surface area contributed by atoms with Crippen LogP contribution in [-0.4, -0.2) is 123 Å². The van der Waals surface area contributed by atoms with E-state index in [1.165, 1.54) is 17.1 Å². The summed E-state index contributed by atoms with van der Waals surface area (Å²) in [6.07, 6.45) is 1.90. The highest BCUT2D eigenvalue weighted by Crippen LogP contribution is 2.12. The summed E-state index contributed by atoms with van der Waals surface area (Å²) in [6.45, 7) is 3.44. The van der Waals surface area contributed by atoms with Gasteiger partial charge in [0.2, 0.25) is 5.91 Å². The molecule has 3 amide bonds. The van der Waals surface area contributed by atoms with E-state index in [4.69, 9.17) is 23.8 Å². The zero-order chi connectivity index (χ0) is 26.9. The molecule has 0 aliphatic carbocycles. The number of nitrogens with one attached hydrogen (secondary N) is 1. The van der Waals surface area contributed by atoms with Crippen LogP contribution in [-0.2, 0) is 47.8 Å². The van der Waals surface area contributed by atoms with Gasteiger partial charge < -0.3 is 39.1 Å². The van der Waals surface area contributed by atoms with Crippen LogP contribution in [0.5, 0.6) is 0 Å². The lowest BCUT2D eigenvalue weighted by atomic mass is 10.2. The minimum atomic E-state index is -0.955. The molecular weight excluding hydrogens is 494 g/mol. The summed E-state index contributed by atoms with van der Waals surface area (Å²) in [5, 5.41) is 13.0. The van der Waals surface area contributed by atoms with Gasteiger partial charge in [-0.25, -0.2) is 4.79 Å². The minimum Gasteiger partial charge on any atom is -0.378 e. The minimum absolute atomic E-state index is 0.0509. The van der Waals surface area contributed by atoms with Crippen molar-refractivity contribution in [3.8, 4) is 0 Å². The predicted molar refractivity (Wildman–Crippen MR) is 124 cm³/mol. The van der Waals surface area contributed by atoms with Crippen molar-refractivity contribution in [2.75, 3.05) is 72.5 Å². The summed E-state index contributed by atoms with van der Waals surface area (Å²) < 4.78 is 21.4. The molecule has 14 heteroatoms. The van der Waals surface area contributed by atoms with E-state index in [0.29, 0.717) is 51.2 Å². The van der Waals surface area contributed by atoms with Crippen molar-refractivity contribution in [2.24, 2.45) is 0 Å². The van der Waals surface area contributed by atoms with Gasteiger partial charge in [0.1, 0.15) is 12.0 Å². The van der Waals surface area contributed by atoms with Crippen LogP contribution in [0.4, 0.5) is 0 Å². The van der Waals surface area contributed by atoms with Crippen molar-refractivity contribution in [2.45, 2.75) is 31.9 Å². The summed E-state index contributed by atoms with van der Waals surface area (Å²) in [5.74, 6) is -2.11. The highest BCUT2D eigenvalue weighted by atomic mass is 16.7. The first kappa shape index (κ1) is 30.5. The van der Waals surface area contributed by atoms with E-state index < -0.39 is 24.0 Å². The normalized spacial score (nSPS) is 17.3. The van der Waals surface area contributed by atoms with Gasteiger partial charge >= 0.3 is 5.97 Å². The van der Waals surface area contributed by atoms with E-state index in [9.17, 15) is 29.1 Å². The van der Waals surface area contributed by atoms with Gasteiger partial charge in [-0.15, -0.1) is 5.06 Å². The Morgan fingerprint density at radius 3 is 2.00 bits per heavy atom. The second kappa shape index (κ2) is 17.7. The number of nitrogens with zero attached hydrogens (tertiary/aromatic N) is 2. The molecule has 2 N–H and O–H groups in total. The third kappa shape index (κ3) is 12.4. The number of hydroxylamine groups is 2. The molecule has 1 saturated heterocycles. The highest BCUT2D eigenvalue weighted by molar-refractivity contribution is 6.01. The van der Waals surface area contributed by atoms with E-state index >= 15 is 0 Å². The lowest BCUT2D eigenvalue weighted by Crippen LogP contribution is -2.36. The van der Waals surface area contributed by atoms with Gasteiger partial charge in [-0.2, -0.15) is 0 Å². The smallest absolute Gasteiger partial charge is 0.335 e. The maximum Gasteiger partial charge on any atom is 0.335 e. The fraction of sp³-hybridized carbons (Fsp3) is 0.696. The molecule has 0 saturated carbocycles. The first-order valence-corrected chi connectivity index (χ1v) is 12.2. The Morgan fingerprint density at radius 1 is 0.865 bits per heavy atom. The molecule has 0 aromatic heterocycles. The molecule has 0 bridgehead atoms. The van der Waals surface area contributed by atoms with Crippen LogP contribution in [0, 0.1) is 0 Å². The quantitative estimate of drug-likeness (QED) is 0.128. The Hall–Kier alpha value is -2.75. The standard InChI is InChI=1S/C23H35N3O11/c27-18(5-8-25-19(28)1-2-20(25)29)17-24-7-10-34-12-14-36-16-15-35-13-11-33-9-6-23(32)37-26-21(30)3-4-22(26)31/h1-2,19,24,28H,3-17H2. The summed E-state index contributed by atoms with van der Waals surface area (Å²) in [6, 6.07) is 0. The largest absolute Gasteiger partial charge is 0.378 e. The SMILES string of the molecule is O=C(CCN1C(=O)C=CC1O)CNCCOCCOCCOCCOCCC(=O)ON1C(=O)CCC1=O. The van der Waals surface area contributed by atoms with Gasteiger partial charge in [-0.3, -0.25) is 19.2 Å². The fourth-order valence-electron chi connectivity index (χ4n) is 3.17. The third-order valence-electron chi connectivity index (χ3n) is 5.16. The number of ether oxygens (including phenoxy) is 4. The van der Waals surface area contributed by atoms with Crippen LogP contribution in [0.3, 0.4) is 0 Å². The third-order valence-corrected chi connectivity index (χ3v) is 5.16. The molecule has 0 aromatic rings. The van der Waals surface area contributed by atoms with Crippen LogP contribution < -0.4 is 5.32 Å². The van der Waals surface area contributed by atoms with Crippen LogP contribution in [0.25, 0.3) is 0 Å². The molecule has 2 aliphatic rings. The molecule has 2 heterocycles. The average Bonchev–Trinajstić information content (AvgIpc) is 3.36. The molecule has 2 aliphatic heterocycles. The summed E-state index contributed by atoms with van der Waals surface area (Å²) in [5.41, 5.74) is 0. The summed E-state index contributed by atoms with van der Waals surface area (Å²) in [7, 11) is 0. The van der Waals surface area contributed by atoms with Crippen molar-refractivity contribution < 1.29 is 52.9 Å². The fourth-order valence-corrected chi connectivity index (χ4v) is 3.17. The molecule has 0 aromatic carbocycles. The summed E-state index contributed by atoms with van der Waals surface area (Å²) in [4.78, 5) is 63.5. The number of amides is 3. The maximum atomic E-state index is 11.8. The zero-order valence-corrected chi connectivity index (χ0v) is 20.8. The molecule has 14 nitrogen and oxygen atoms in total. The first-order chi connectivity index (χ1) is 17.9. The van der Waals surface area contributed by atoms with Crippen molar-refractivity contribution in [1.82, 2.24) is 15.3 Å². The van der Waals surface area contributed by atoms with E-state index in [1.54, 1.807) is 0 Å². The van der Waals surface area contributed by atoms with Gasteiger partial charge in [0.25, 0.3) is 11.8 Å².